The molecule has 0 radical (unpaired) electrons. The van der Waals surface area contributed by atoms with Crippen LogP contribution in [0.3, 0.4) is 0 Å². The van der Waals surface area contributed by atoms with Crippen molar-refractivity contribution in [2.24, 2.45) is 0 Å². The molecule has 0 spiro atoms. The molecule has 5 rings (SSSR count). The number of fused-ring (bicyclic) bond motifs is 1. The van der Waals surface area contributed by atoms with Crippen LogP contribution in [0.25, 0.3) is 11.3 Å². The summed E-state index contributed by atoms with van der Waals surface area (Å²) in [4.78, 5) is 28.4. The van der Waals surface area contributed by atoms with Crippen molar-refractivity contribution in [2.45, 2.75) is 50.4 Å². The third-order valence-corrected chi connectivity index (χ3v) is 7.97. The zero-order chi connectivity index (χ0) is 27.0. The van der Waals surface area contributed by atoms with Crippen molar-refractivity contribution in [3.05, 3.63) is 59.7 Å². The Balaban J connectivity index is 1.77. The van der Waals surface area contributed by atoms with E-state index in [1.165, 1.54) is 11.8 Å². The van der Waals surface area contributed by atoms with Crippen molar-refractivity contribution in [1.82, 2.24) is 15.1 Å². The lowest BCUT2D eigenvalue weighted by molar-refractivity contribution is -0.123. The highest BCUT2D eigenvalue weighted by Gasteiger charge is 2.40. The van der Waals surface area contributed by atoms with Crippen LogP contribution in [0, 0.1) is 0 Å². The number of benzene rings is 2. The van der Waals surface area contributed by atoms with Gasteiger partial charge in [0, 0.05) is 22.7 Å². The Bertz CT molecular complexity index is 1340. The summed E-state index contributed by atoms with van der Waals surface area (Å²) in [5.41, 5.74) is 3.03. The van der Waals surface area contributed by atoms with E-state index in [0.717, 1.165) is 35.2 Å². The Hall–Kier alpha value is -3.46. The van der Waals surface area contributed by atoms with E-state index in [2.05, 4.69) is 26.1 Å². The highest BCUT2D eigenvalue weighted by molar-refractivity contribution is 8.00. The number of methoxy groups -OCH3 is 2. The van der Waals surface area contributed by atoms with Gasteiger partial charge in [-0.2, -0.15) is 5.10 Å². The molecule has 38 heavy (non-hydrogen) atoms. The first-order valence-corrected chi connectivity index (χ1v) is 13.9. The van der Waals surface area contributed by atoms with Gasteiger partial charge in [-0.25, -0.2) is 4.68 Å². The van der Waals surface area contributed by atoms with E-state index in [0.29, 0.717) is 17.3 Å². The number of ether oxygens (including phenoxy) is 2. The van der Waals surface area contributed by atoms with E-state index in [4.69, 9.17) is 14.6 Å². The van der Waals surface area contributed by atoms with Crippen LogP contribution in [0.5, 0.6) is 11.5 Å². The number of hydrogen-bond acceptors (Lipinski definition) is 6. The van der Waals surface area contributed by atoms with Gasteiger partial charge in [0.05, 0.1) is 36.5 Å². The minimum atomic E-state index is -0.458. The normalized spacial score (nSPS) is 17.6. The molecule has 2 aromatic carbocycles. The quantitative estimate of drug-likeness (QED) is 0.470. The van der Waals surface area contributed by atoms with Crippen molar-refractivity contribution in [1.29, 1.82) is 0 Å². The smallest absolute Gasteiger partial charge is 0.240 e. The largest absolute Gasteiger partial charge is 0.497 e. The van der Waals surface area contributed by atoms with E-state index >= 15 is 0 Å². The first-order valence-electron chi connectivity index (χ1n) is 12.8. The minimum absolute atomic E-state index is 0.0547. The molecule has 1 saturated carbocycles. The molecule has 8 nitrogen and oxygen atoms in total. The van der Waals surface area contributed by atoms with Gasteiger partial charge in [-0.1, -0.05) is 30.3 Å². The third-order valence-electron chi connectivity index (χ3n) is 6.74. The van der Waals surface area contributed by atoms with E-state index in [1.54, 1.807) is 19.1 Å². The molecular weight excluding hydrogens is 500 g/mol. The van der Waals surface area contributed by atoms with Gasteiger partial charge in [0.15, 0.2) is 0 Å². The second-order valence-electron chi connectivity index (χ2n) is 10.7. The molecule has 2 heterocycles. The van der Waals surface area contributed by atoms with Gasteiger partial charge in [0.25, 0.3) is 0 Å². The maximum absolute atomic E-state index is 13.7. The summed E-state index contributed by atoms with van der Waals surface area (Å²) in [5, 5.41) is 7.87. The molecule has 0 saturated heterocycles. The maximum atomic E-state index is 13.7. The number of hydrogen-bond donors (Lipinski definition) is 1. The summed E-state index contributed by atoms with van der Waals surface area (Å²) in [5.74, 6) is 1.96. The Kier molecular flexibility index (Phi) is 7.13. The van der Waals surface area contributed by atoms with E-state index in [-0.39, 0.29) is 35.4 Å². The summed E-state index contributed by atoms with van der Waals surface area (Å²) in [6.07, 6.45) is 1.97. The Morgan fingerprint density at radius 3 is 2.47 bits per heavy atom. The molecule has 1 unspecified atom stereocenters. The first kappa shape index (κ1) is 26.2. The molecule has 3 aromatic rings. The minimum Gasteiger partial charge on any atom is -0.497 e. The van der Waals surface area contributed by atoms with Crippen molar-refractivity contribution >= 4 is 29.4 Å². The van der Waals surface area contributed by atoms with Gasteiger partial charge in [0.2, 0.25) is 11.8 Å². The molecule has 1 fully saturated rings. The van der Waals surface area contributed by atoms with Crippen LogP contribution in [0.2, 0.25) is 0 Å². The average Bonchev–Trinajstić information content (AvgIpc) is 3.65. The Morgan fingerprint density at radius 2 is 1.84 bits per heavy atom. The summed E-state index contributed by atoms with van der Waals surface area (Å²) in [6, 6.07) is 15.9. The van der Waals surface area contributed by atoms with E-state index < -0.39 is 5.54 Å². The molecule has 9 heteroatoms. The summed E-state index contributed by atoms with van der Waals surface area (Å²) < 4.78 is 13.2. The van der Waals surface area contributed by atoms with E-state index in [9.17, 15) is 9.59 Å². The average molecular weight is 535 g/mol. The molecular formula is C29H34N4O4S. The molecule has 1 atom stereocenters. The zero-order valence-electron chi connectivity index (χ0n) is 22.5. The standard InChI is InChI=1S/C29H34N4O4S/c1-29(2,3)33-28-25(26(31-33)18-9-7-6-8-10-18)27(21-15-20(36-4)13-14-22(21)37-5)38-17-24(35)32(28)16-23(34)30-19-11-12-19/h6-10,13-15,19,27H,11-12,16-17H2,1-5H3,(H,30,34). The number of nitrogens with zero attached hydrogens (tertiary/aromatic N) is 3. The fourth-order valence-electron chi connectivity index (χ4n) is 4.73. The Morgan fingerprint density at radius 1 is 1.11 bits per heavy atom. The van der Waals surface area contributed by atoms with Crippen LogP contribution in [-0.2, 0) is 15.1 Å². The summed E-state index contributed by atoms with van der Waals surface area (Å²) in [7, 11) is 3.28. The van der Waals surface area contributed by atoms with Crippen LogP contribution in [0.1, 0.15) is 50.0 Å². The lowest BCUT2D eigenvalue weighted by Gasteiger charge is -2.29. The number of carbonyl (C=O) groups is 2. The monoisotopic (exact) mass is 534 g/mol. The number of thioether (sulfide) groups is 1. The third kappa shape index (κ3) is 5.12. The molecule has 2 amide bonds. The molecule has 1 aromatic heterocycles. The van der Waals surface area contributed by atoms with Gasteiger partial charge >= 0.3 is 0 Å². The van der Waals surface area contributed by atoms with Crippen LogP contribution in [0.4, 0.5) is 5.82 Å². The van der Waals surface area contributed by atoms with Crippen LogP contribution in [0.15, 0.2) is 48.5 Å². The predicted octanol–water partition coefficient (Wildman–Crippen LogP) is 4.77. The van der Waals surface area contributed by atoms with Crippen molar-refractivity contribution in [3.63, 3.8) is 0 Å². The molecule has 1 N–H and O–H groups in total. The van der Waals surface area contributed by atoms with Crippen molar-refractivity contribution in [3.8, 4) is 22.8 Å². The number of rotatable bonds is 7. The van der Waals surface area contributed by atoms with Crippen LogP contribution in [-0.4, -0.2) is 54.2 Å². The van der Waals surface area contributed by atoms with Gasteiger partial charge in [0.1, 0.15) is 23.9 Å². The SMILES string of the molecule is COc1ccc(OC)c(C2SCC(=O)N(CC(=O)NC3CC3)c3c2c(-c2ccccc2)nn3C(C)(C)C)c1. The second kappa shape index (κ2) is 10.4. The topological polar surface area (TPSA) is 85.7 Å². The first-order chi connectivity index (χ1) is 18.2. The molecule has 0 bridgehead atoms. The van der Waals surface area contributed by atoms with Crippen molar-refractivity contribution in [2.75, 3.05) is 31.4 Å². The fraction of sp³-hybridized carbons (Fsp3) is 0.414. The van der Waals surface area contributed by atoms with E-state index in [1.807, 2.05) is 53.2 Å². The number of anilines is 1. The van der Waals surface area contributed by atoms with Gasteiger partial charge < -0.3 is 14.8 Å². The molecule has 2 aliphatic rings. The fourth-order valence-corrected chi connectivity index (χ4v) is 5.94. The number of amides is 2. The van der Waals surface area contributed by atoms with Gasteiger partial charge in [-0.3, -0.25) is 14.5 Å². The number of aromatic nitrogens is 2. The highest BCUT2D eigenvalue weighted by Crippen LogP contribution is 2.51. The van der Waals surface area contributed by atoms with Crippen LogP contribution < -0.4 is 19.7 Å². The lowest BCUT2D eigenvalue weighted by Crippen LogP contribution is -2.44. The summed E-state index contributed by atoms with van der Waals surface area (Å²) >= 11 is 1.51. The number of nitrogens with one attached hydrogen (secondary N) is 1. The lowest BCUT2D eigenvalue weighted by atomic mass is 9.98. The number of carbonyl (C=O) groups excluding carboxylic acids is 2. The van der Waals surface area contributed by atoms with Gasteiger partial charge in [-0.15, -0.1) is 11.8 Å². The second-order valence-corrected chi connectivity index (χ2v) is 11.7. The van der Waals surface area contributed by atoms with Crippen molar-refractivity contribution < 1.29 is 19.1 Å². The molecule has 1 aliphatic heterocycles. The summed E-state index contributed by atoms with van der Waals surface area (Å²) in [6.45, 7) is 6.12. The van der Waals surface area contributed by atoms with Crippen LogP contribution >= 0.6 is 11.8 Å². The Labute approximate surface area is 227 Å². The molecule has 200 valence electrons. The predicted molar refractivity (Wildman–Crippen MR) is 150 cm³/mol. The highest BCUT2D eigenvalue weighted by atomic mass is 32.2. The van der Waals surface area contributed by atoms with Gasteiger partial charge in [-0.05, 0) is 51.8 Å². The zero-order valence-corrected chi connectivity index (χ0v) is 23.3. The maximum Gasteiger partial charge on any atom is 0.240 e. The molecule has 1 aliphatic carbocycles.